The van der Waals surface area contributed by atoms with E-state index in [-0.39, 0.29) is 0 Å². The predicted octanol–water partition coefficient (Wildman–Crippen LogP) is 1.23. The topological polar surface area (TPSA) is 73.6 Å². The summed E-state index contributed by atoms with van der Waals surface area (Å²) >= 11 is 0. The number of carbonyl (C=O) groups is 1. The highest BCUT2D eigenvalue weighted by molar-refractivity contribution is 5.82. The van der Waals surface area contributed by atoms with Crippen molar-refractivity contribution in [3.05, 3.63) is 23.8 Å². The van der Waals surface area contributed by atoms with Gasteiger partial charge in [0.2, 0.25) is 5.91 Å². The standard InChI is InChI=1S/C13H20N2O3/c1-4-7-15-12(13(14)16)10-8-9(17-2)5-6-11(10)18-3/h5-6,8,12,15H,4,7H2,1-3H3,(H2,14,16). The number of primary amides is 1. The van der Waals surface area contributed by atoms with Gasteiger partial charge in [-0.15, -0.1) is 0 Å². The number of hydrogen-bond donors (Lipinski definition) is 2. The lowest BCUT2D eigenvalue weighted by Gasteiger charge is -2.19. The van der Waals surface area contributed by atoms with E-state index in [9.17, 15) is 4.79 Å². The van der Waals surface area contributed by atoms with Gasteiger partial charge in [0.15, 0.2) is 0 Å². The summed E-state index contributed by atoms with van der Waals surface area (Å²) < 4.78 is 10.4. The van der Waals surface area contributed by atoms with Crippen molar-refractivity contribution >= 4 is 5.91 Å². The molecule has 0 saturated heterocycles. The van der Waals surface area contributed by atoms with Crippen LogP contribution in [0.2, 0.25) is 0 Å². The van der Waals surface area contributed by atoms with Crippen LogP contribution in [-0.4, -0.2) is 26.7 Å². The van der Waals surface area contributed by atoms with Crippen LogP contribution in [0, 0.1) is 0 Å². The average molecular weight is 252 g/mol. The fraction of sp³-hybridized carbons (Fsp3) is 0.462. The van der Waals surface area contributed by atoms with E-state index in [0.29, 0.717) is 23.6 Å². The molecule has 1 unspecified atom stereocenters. The maximum atomic E-state index is 11.5. The minimum absolute atomic E-state index is 0.435. The number of hydrogen-bond acceptors (Lipinski definition) is 4. The Hall–Kier alpha value is -1.75. The number of methoxy groups -OCH3 is 2. The molecule has 0 heterocycles. The van der Waals surface area contributed by atoms with Crippen molar-refractivity contribution in [1.82, 2.24) is 5.32 Å². The largest absolute Gasteiger partial charge is 0.497 e. The summed E-state index contributed by atoms with van der Waals surface area (Å²) in [5.74, 6) is 0.841. The van der Waals surface area contributed by atoms with E-state index in [1.54, 1.807) is 32.4 Å². The molecule has 0 aliphatic carbocycles. The highest BCUT2D eigenvalue weighted by Gasteiger charge is 2.21. The molecule has 0 aromatic heterocycles. The van der Waals surface area contributed by atoms with Crippen LogP contribution < -0.4 is 20.5 Å². The van der Waals surface area contributed by atoms with Crippen LogP contribution in [0.1, 0.15) is 24.9 Å². The average Bonchev–Trinajstić information content (AvgIpc) is 2.38. The first-order valence-corrected chi connectivity index (χ1v) is 5.88. The molecule has 1 atom stereocenters. The number of rotatable bonds is 7. The van der Waals surface area contributed by atoms with E-state index in [4.69, 9.17) is 15.2 Å². The molecule has 0 aliphatic heterocycles. The van der Waals surface area contributed by atoms with Gasteiger partial charge in [0.25, 0.3) is 0 Å². The maximum Gasteiger partial charge on any atom is 0.239 e. The van der Waals surface area contributed by atoms with Crippen LogP contribution in [0.4, 0.5) is 0 Å². The second kappa shape index (κ2) is 6.86. The van der Waals surface area contributed by atoms with Gasteiger partial charge in [-0.3, -0.25) is 4.79 Å². The van der Waals surface area contributed by atoms with Crippen molar-refractivity contribution in [2.45, 2.75) is 19.4 Å². The van der Waals surface area contributed by atoms with Crippen molar-refractivity contribution < 1.29 is 14.3 Å². The molecule has 0 saturated carbocycles. The molecule has 18 heavy (non-hydrogen) atoms. The summed E-state index contributed by atoms with van der Waals surface area (Å²) in [4.78, 5) is 11.5. The van der Waals surface area contributed by atoms with Gasteiger partial charge in [0, 0.05) is 5.56 Å². The van der Waals surface area contributed by atoms with Crippen molar-refractivity contribution in [3.63, 3.8) is 0 Å². The highest BCUT2D eigenvalue weighted by Crippen LogP contribution is 2.29. The Labute approximate surface area is 107 Å². The minimum atomic E-state index is -0.574. The van der Waals surface area contributed by atoms with Crippen LogP contribution in [0.5, 0.6) is 11.5 Å². The molecule has 5 heteroatoms. The summed E-state index contributed by atoms with van der Waals surface area (Å²) in [6.07, 6.45) is 0.913. The summed E-state index contributed by atoms with van der Waals surface area (Å²) in [5.41, 5.74) is 6.12. The van der Waals surface area contributed by atoms with E-state index in [1.165, 1.54) is 0 Å². The zero-order valence-electron chi connectivity index (χ0n) is 11.0. The lowest BCUT2D eigenvalue weighted by molar-refractivity contribution is -0.120. The Morgan fingerprint density at radius 1 is 1.39 bits per heavy atom. The molecule has 1 amide bonds. The smallest absolute Gasteiger partial charge is 0.239 e. The summed E-state index contributed by atoms with van der Waals surface area (Å²) in [7, 11) is 3.13. The Bertz CT molecular complexity index is 407. The number of nitrogens with two attached hydrogens (primary N) is 1. The quantitative estimate of drug-likeness (QED) is 0.765. The zero-order chi connectivity index (χ0) is 13.5. The van der Waals surface area contributed by atoms with Gasteiger partial charge in [-0.2, -0.15) is 0 Å². The van der Waals surface area contributed by atoms with E-state index >= 15 is 0 Å². The third-order valence-corrected chi connectivity index (χ3v) is 2.63. The fourth-order valence-electron chi connectivity index (χ4n) is 1.72. The molecule has 0 aliphatic rings. The zero-order valence-corrected chi connectivity index (χ0v) is 11.0. The van der Waals surface area contributed by atoms with Gasteiger partial charge in [-0.1, -0.05) is 6.92 Å². The number of ether oxygens (including phenoxy) is 2. The van der Waals surface area contributed by atoms with Gasteiger partial charge >= 0.3 is 0 Å². The molecule has 0 bridgehead atoms. The molecule has 0 fully saturated rings. The van der Waals surface area contributed by atoms with Crippen LogP contribution in [-0.2, 0) is 4.79 Å². The second-order valence-electron chi connectivity index (χ2n) is 3.90. The van der Waals surface area contributed by atoms with Crippen molar-refractivity contribution in [2.75, 3.05) is 20.8 Å². The first-order valence-electron chi connectivity index (χ1n) is 5.88. The van der Waals surface area contributed by atoms with Gasteiger partial charge in [0.1, 0.15) is 17.5 Å². The lowest BCUT2D eigenvalue weighted by Crippen LogP contribution is -2.34. The van der Waals surface area contributed by atoms with E-state index in [0.717, 1.165) is 6.42 Å². The summed E-state index contributed by atoms with van der Waals surface area (Å²) in [6.45, 7) is 2.72. The van der Waals surface area contributed by atoms with Gasteiger partial charge < -0.3 is 20.5 Å². The fourth-order valence-corrected chi connectivity index (χ4v) is 1.72. The Morgan fingerprint density at radius 2 is 2.11 bits per heavy atom. The SMILES string of the molecule is CCCNC(C(N)=O)c1cc(OC)ccc1OC. The third-order valence-electron chi connectivity index (χ3n) is 2.63. The monoisotopic (exact) mass is 252 g/mol. The Balaban J connectivity index is 3.11. The minimum Gasteiger partial charge on any atom is -0.497 e. The van der Waals surface area contributed by atoms with Crippen LogP contribution in [0.3, 0.4) is 0 Å². The van der Waals surface area contributed by atoms with E-state index in [2.05, 4.69) is 5.32 Å². The maximum absolute atomic E-state index is 11.5. The number of amides is 1. The van der Waals surface area contributed by atoms with Gasteiger partial charge in [-0.25, -0.2) is 0 Å². The lowest BCUT2D eigenvalue weighted by atomic mass is 10.0. The molecule has 100 valence electrons. The summed E-state index contributed by atoms with van der Waals surface area (Å²) in [6, 6.07) is 4.73. The molecule has 1 aromatic rings. The van der Waals surface area contributed by atoms with Crippen LogP contribution >= 0.6 is 0 Å². The first kappa shape index (κ1) is 14.3. The molecule has 5 nitrogen and oxygen atoms in total. The predicted molar refractivity (Wildman–Crippen MR) is 69.8 cm³/mol. The number of benzene rings is 1. The molecular weight excluding hydrogens is 232 g/mol. The van der Waals surface area contributed by atoms with Crippen LogP contribution in [0.15, 0.2) is 18.2 Å². The summed E-state index contributed by atoms with van der Waals surface area (Å²) in [5, 5.41) is 3.10. The molecule has 0 spiro atoms. The normalized spacial score (nSPS) is 11.9. The van der Waals surface area contributed by atoms with E-state index in [1.807, 2.05) is 6.92 Å². The van der Waals surface area contributed by atoms with E-state index < -0.39 is 11.9 Å². The Morgan fingerprint density at radius 3 is 2.61 bits per heavy atom. The Kier molecular flexibility index (Phi) is 5.45. The first-order chi connectivity index (χ1) is 8.63. The molecule has 3 N–H and O–H groups in total. The van der Waals surface area contributed by atoms with Gasteiger partial charge in [0.05, 0.1) is 14.2 Å². The van der Waals surface area contributed by atoms with Crippen molar-refractivity contribution in [2.24, 2.45) is 5.73 Å². The molecule has 0 radical (unpaired) electrons. The highest BCUT2D eigenvalue weighted by atomic mass is 16.5. The van der Waals surface area contributed by atoms with Crippen molar-refractivity contribution in [1.29, 1.82) is 0 Å². The number of carbonyl (C=O) groups excluding carboxylic acids is 1. The molecule has 1 aromatic carbocycles. The van der Waals surface area contributed by atoms with Crippen molar-refractivity contribution in [3.8, 4) is 11.5 Å². The second-order valence-corrected chi connectivity index (χ2v) is 3.90. The molecule has 1 rings (SSSR count). The molecular formula is C13H20N2O3. The number of nitrogens with one attached hydrogen (secondary N) is 1. The van der Waals surface area contributed by atoms with Crippen LogP contribution in [0.25, 0.3) is 0 Å². The van der Waals surface area contributed by atoms with Gasteiger partial charge in [-0.05, 0) is 31.2 Å². The third kappa shape index (κ3) is 3.37.